The zero-order valence-corrected chi connectivity index (χ0v) is 63.2. The first-order chi connectivity index (χ1) is 50.5. The van der Waals surface area contributed by atoms with E-state index in [1.165, 1.54) is 18.1 Å². The fourth-order valence-corrected chi connectivity index (χ4v) is 11.7. The summed E-state index contributed by atoms with van der Waals surface area (Å²) in [5, 5.41) is 49.7. The molecule has 1 fully saturated rings. The molecule has 0 spiro atoms. The number of aromatic nitrogens is 3. The molecule has 6 N–H and O–H groups in total. The lowest BCUT2D eigenvalue weighted by molar-refractivity contribution is -0.150. The van der Waals surface area contributed by atoms with E-state index in [2.05, 4.69) is 196 Å². The van der Waals surface area contributed by atoms with Crippen LogP contribution in [0.5, 0.6) is 0 Å². The molecule has 552 valence electrons. The number of nitrogens with two attached hydrogens (primary N) is 1. The third-order valence-electron chi connectivity index (χ3n) is 19.5. The van der Waals surface area contributed by atoms with Gasteiger partial charge < -0.3 is 49.0 Å². The molecular formula is C88H92BBrN4O13. The Morgan fingerprint density at radius 3 is 1.31 bits per heavy atom. The van der Waals surface area contributed by atoms with Gasteiger partial charge in [-0.25, -0.2) is 0 Å². The first-order valence-corrected chi connectivity index (χ1v) is 35.3. The molecule has 12 aromatic rings. The molecule has 0 amide bonds. The van der Waals surface area contributed by atoms with Gasteiger partial charge in [-0.3, -0.25) is 19.2 Å². The molecule has 2 atom stereocenters. The summed E-state index contributed by atoms with van der Waals surface area (Å²) in [4.78, 5) is 43.5. The van der Waals surface area contributed by atoms with Crippen molar-refractivity contribution in [1.29, 1.82) is 0 Å². The maximum Gasteiger partial charge on any atom is 0.495 e. The van der Waals surface area contributed by atoms with E-state index in [0.717, 1.165) is 139 Å². The van der Waals surface area contributed by atoms with Gasteiger partial charge in [0.05, 0.1) is 48.4 Å². The van der Waals surface area contributed by atoms with Crippen LogP contribution in [0.4, 0.5) is 0 Å². The van der Waals surface area contributed by atoms with Crippen LogP contribution in [0.1, 0.15) is 148 Å². The lowest BCUT2D eigenvalue weighted by Gasteiger charge is -2.32. The van der Waals surface area contributed by atoms with Crippen molar-refractivity contribution in [3.63, 3.8) is 0 Å². The van der Waals surface area contributed by atoms with Crippen molar-refractivity contribution in [2.24, 2.45) is 11.1 Å². The zero-order valence-electron chi connectivity index (χ0n) is 61.6. The SMILES string of the molecule is Brc1ccc2cnoc2c1.C.C[C@](N)(CO)C(=O)O.Cc1ccc(C=O)cc1/C=C/c1cccc(-c2ccc3cnoc3c2)c1C.Cc1ccc(C=O)cc1/C=C/c1cccc(B2OC(C)(C)C(C)(C)O2)c1C.Cc1ccc(CC[C@@](C)(CO)C(=O)O)cc1/C=C/c1cccc(-c2ccc3cnoc3c2)c1C. The van der Waals surface area contributed by atoms with Crippen molar-refractivity contribution >= 4 is 122 Å². The van der Waals surface area contributed by atoms with Crippen molar-refractivity contribution in [2.45, 2.75) is 120 Å². The van der Waals surface area contributed by atoms with Crippen LogP contribution in [0.2, 0.25) is 0 Å². The number of benzene rings is 9. The highest BCUT2D eigenvalue weighted by molar-refractivity contribution is 9.10. The van der Waals surface area contributed by atoms with Crippen LogP contribution in [-0.2, 0) is 25.3 Å². The monoisotopic (exact) mass is 1500 g/mol. The number of aliphatic carboxylic acids is 2. The van der Waals surface area contributed by atoms with Crippen LogP contribution >= 0.6 is 15.9 Å². The summed E-state index contributed by atoms with van der Waals surface area (Å²) in [6, 6.07) is 54.4. The maximum atomic E-state index is 11.5. The molecule has 1 aliphatic heterocycles. The Bertz CT molecular complexity index is 5220. The molecule has 1 saturated heterocycles. The minimum absolute atomic E-state index is 0. The number of nitrogens with zero attached hydrogens (tertiary/aromatic N) is 3. The van der Waals surface area contributed by atoms with Gasteiger partial charge in [-0.1, -0.05) is 184 Å². The summed E-state index contributed by atoms with van der Waals surface area (Å²) in [6.07, 6.45) is 20.4. The number of halogens is 1. The summed E-state index contributed by atoms with van der Waals surface area (Å²) in [6.45, 7) is 22.7. The van der Waals surface area contributed by atoms with E-state index in [-0.39, 0.29) is 32.4 Å². The molecule has 17 nitrogen and oxygen atoms in total. The summed E-state index contributed by atoms with van der Waals surface area (Å²) >= 11 is 3.33. The number of carbonyl (C=O) groups excluding carboxylic acids is 2. The largest absolute Gasteiger partial charge is 0.495 e. The van der Waals surface area contributed by atoms with Gasteiger partial charge in [0.15, 0.2) is 16.7 Å². The van der Waals surface area contributed by atoms with E-state index in [0.29, 0.717) is 24.0 Å². The average Bonchev–Trinajstić information content (AvgIpc) is 1.64. The number of aliphatic hydroxyl groups is 2. The first kappa shape index (κ1) is 81.9. The number of rotatable bonds is 18. The molecule has 4 heterocycles. The number of carboxylic acids is 2. The van der Waals surface area contributed by atoms with Crippen molar-refractivity contribution in [3.05, 3.63) is 270 Å². The van der Waals surface area contributed by atoms with E-state index in [4.69, 9.17) is 38.8 Å². The van der Waals surface area contributed by atoms with Crippen molar-refractivity contribution < 1.29 is 62.5 Å². The minimum Gasteiger partial charge on any atom is -0.481 e. The molecular weight excluding hydrogens is 1410 g/mol. The summed E-state index contributed by atoms with van der Waals surface area (Å²) in [7, 11) is -0.372. The van der Waals surface area contributed by atoms with Gasteiger partial charge in [0.25, 0.3) is 0 Å². The van der Waals surface area contributed by atoms with Crippen LogP contribution < -0.4 is 11.2 Å². The molecule has 0 saturated carbocycles. The first-order valence-electron chi connectivity index (χ1n) is 34.5. The van der Waals surface area contributed by atoms with Gasteiger partial charge >= 0.3 is 19.1 Å². The summed E-state index contributed by atoms with van der Waals surface area (Å²) < 4.78 is 29.0. The molecule has 0 aliphatic carbocycles. The van der Waals surface area contributed by atoms with Gasteiger partial charge in [-0.15, -0.1) is 0 Å². The fraction of sp³-hybridized carbons (Fsp3) is 0.239. The Kier molecular flexibility index (Phi) is 27.6. The number of aliphatic hydroxyl groups excluding tert-OH is 2. The number of aldehydes is 2. The number of hydrogen-bond donors (Lipinski definition) is 5. The van der Waals surface area contributed by atoms with Gasteiger partial charge in [0.2, 0.25) is 0 Å². The number of hydrogen-bond acceptors (Lipinski definition) is 15. The molecule has 9 aromatic carbocycles. The number of fused-ring (bicyclic) bond motifs is 3. The van der Waals surface area contributed by atoms with Gasteiger partial charge in [0.1, 0.15) is 18.1 Å². The Morgan fingerprint density at radius 1 is 0.495 bits per heavy atom. The highest BCUT2D eigenvalue weighted by Crippen LogP contribution is 2.38. The molecule has 0 unspecified atom stereocenters. The lowest BCUT2D eigenvalue weighted by atomic mass is 9.75. The van der Waals surface area contributed by atoms with E-state index >= 15 is 0 Å². The number of aryl methyl sites for hydroxylation is 4. The molecule has 107 heavy (non-hydrogen) atoms. The van der Waals surface area contributed by atoms with E-state index in [1.807, 2.05) is 105 Å². The van der Waals surface area contributed by atoms with Crippen LogP contribution in [0, 0.1) is 47.0 Å². The van der Waals surface area contributed by atoms with Crippen LogP contribution in [0.3, 0.4) is 0 Å². The Morgan fingerprint density at radius 2 is 0.897 bits per heavy atom. The highest BCUT2D eigenvalue weighted by Gasteiger charge is 2.52. The molecule has 3 aromatic heterocycles. The average molecular weight is 1500 g/mol. The van der Waals surface area contributed by atoms with E-state index in [9.17, 15) is 29.4 Å². The number of carbonyl (C=O) groups is 4. The van der Waals surface area contributed by atoms with Gasteiger partial charge in [-0.2, -0.15) is 0 Å². The molecule has 13 rings (SSSR count). The minimum atomic E-state index is -1.49. The smallest absolute Gasteiger partial charge is 0.481 e. The number of carboxylic acid groups (broad SMARTS) is 2. The molecule has 0 bridgehead atoms. The molecule has 1 aliphatic rings. The van der Waals surface area contributed by atoms with Gasteiger partial charge in [-0.05, 0) is 251 Å². The second-order valence-electron chi connectivity index (χ2n) is 27.9. The normalized spacial score (nSPS) is 14.0. The molecule has 19 heteroatoms. The Hall–Kier alpha value is -10.8. The van der Waals surface area contributed by atoms with E-state index < -0.39 is 29.5 Å². The highest BCUT2D eigenvalue weighted by atomic mass is 79.9. The van der Waals surface area contributed by atoms with Crippen LogP contribution in [0.25, 0.3) is 91.6 Å². The topological polar surface area (TPSA) is 272 Å². The lowest BCUT2D eigenvalue weighted by Crippen LogP contribution is -2.48. The molecule has 0 radical (unpaired) electrons. The zero-order chi connectivity index (χ0) is 76.7. The Balaban J connectivity index is 0.000000181. The Labute approximate surface area is 633 Å². The quantitative estimate of drug-likeness (QED) is 0.0303. The van der Waals surface area contributed by atoms with E-state index in [1.54, 1.807) is 25.5 Å². The van der Waals surface area contributed by atoms with Crippen molar-refractivity contribution in [2.75, 3.05) is 13.2 Å². The second-order valence-corrected chi connectivity index (χ2v) is 28.8. The predicted octanol–water partition coefficient (Wildman–Crippen LogP) is 19.0. The maximum absolute atomic E-state index is 11.5. The summed E-state index contributed by atoms with van der Waals surface area (Å²) in [5.41, 5.74) is 25.5. The fourth-order valence-electron chi connectivity index (χ4n) is 11.4. The van der Waals surface area contributed by atoms with Crippen LogP contribution in [-0.4, -0.2) is 97.5 Å². The summed E-state index contributed by atoms with van der Waals surface area (Å²) in [5.74, 6) is -2.17. The third-order valence-corrected chi connectivity index (χ3v) is 20.0. The van der Waals surface area contributed by atoms with Crippen molar-refractivity contribution in [1.82, 2.24) is 15.5 Å². The van der Waals surface area contributed by atoms with Gasteiger partial charge in [0, 0.05) is 31.8 Å². The predicted molar refractivity (Wildman–Crippen MR) is 433 cm³/mol. The second kappa shape index (κ2) is 36.0. The standard InChI is InChI=1S/C29H29NO4.C24H19NO2.C23H27BO3.C7H4BrNO.C4H9NO3.CH4/c1-19-7-8-21(13-14-29(3,18-31)28(32)33)15-23(19)10-9-22-5-4-6-26(20(22)2)24-11-12-25-17-30-34-27(25)16-24;1-16-6-7-18(15-26)12-20(16)9-8-19-4-3-5-23(17(19)2)21-10-11-22-14-25-27-24(22)13-21;1-16-10-11-18(15-25)14-20(16)13-12-19-8-7-9-21(17(19)2)24-26-22(3,4)23(5,6)27-24;8-6-2-1-5-4-9-10-7(5)3-6;1-4(5,2-6)3(7)8;/h4-12,15-17,31H,13-14,18H2,1-3H3,(H,32,33);3-15H,1-2H3;7-15H,1-6H3;1-4H;6H,2,5H2,1H3,(H,7,8);1H4/b10-9+;9-8+;13-12+;;;/t29-;;;;4-;/m0...0./s1. The van der Waals surface area contributed by atoms with Crippen molar-refractivity contribution in [3.8, 4) is 22.3 Å². The third kappa shape index (κ3) is 20.4. The van der Waals surface area contributed by atoms with Crippen LogP contribution in [0.15, 0.2) is 200 Å².